The van der Waals surface area contributed by atoms with E-state index in [0.29, 0.717) is 40.0 Å². The number of halogens is 3. The van der Waals surface area contributed by atoms with Crippen molar-refractivity contribution in [1.82, 2.24) is 19.7 Å². The molecule has 1 aromatic carbocycles. The molecular formula is C28H19F3N6O3S. The van der Waals surface area contributed by atoms with E-state index >= 15 is 0 Å². The fraction of sp³-hybridized carbons (Fsp3) is 0.107. The Morgan fingerprint density at radius 3 is 2.61 bits per heavy atom. The summed E-state index contributed by atoms with van der Waals surface area (Å²) in [5, 5.41) is 7.65. The minimum absolute atomic E-state index is 0.00127. The molecule has 0 atom stereocenters. The maximum Gasteiger partial charge on any atom is 0.433 e. The van der Waals surface area contributed by atoms with Crippen LogP contribution in [0.2, 0.25) is 0 Å². The molecule has 41 heavy (non-hydrogen) atoms. The number of fused-ring (bicyclic) bond motifs is 2. The van der Waals surface area contributed by atoms with Gasteiger partial charge in [0.05, 0.1) is 34.9 Å². The van der Waals surface area contributed by atoms with Gasteiger partial charge in [0.2, 0.25) is 0 Å². The standard InChI is InChI=1S/C28H19F3N6O3S/c1-2-37-13-14(12-33-37)19-10-16(15-6-3-4-7-18(15)34-19)26(39)36-23-22-17(20-8-5-9-40-20)11-21(28(29,30)31)35-27(22)41-24(23)25(32)38/h3-13H,2H2,1H3,(H2,32,38)(H,36,39). The van der Waals surface area contributed by atoms with Crippen LogP contribution in [-0.4, -0.2) is 31.6 Å². The van der Waals surface area contributed by atoms with Gasteiger partial charge in [0.25, 0.3) is 11.8 Å². The van der Waals surface area contributed by atoms with Crippen LogP contribution in [-0.2, 0) is 12.7 Å². The molecule has 0 bridgehead atoms. The van der Waals surface area contributed by atoms with Crippen molar-refractivity contribution >= 4 is 50.0 Å². The monoisotopic (exact) mass is 576 g/mol. The fourth-order valence-corrected chi connectivity index (χ4v) is 5.53. The first-order valence-electron chi connectivity index (χ1n) is 12.3. The second kappa shape index (κ2) is 9.86. The van der Waals surface area contributed by atoms with E-state index in [9.17, 15) is 22.8 Å². The third-order valence-corrected chi connectivity index (χ3v) is 7.51. The Hall–Kier alpha value is -5.04. The summed E-state index contributed by atoms with van der Waals surface area (Å²) < 4.78 is 48.3. The molecule has 0 aliphatic rings. The highest BCUT2D eigenvalue weighted by Crippen LogP contribution is 2.44. The van der Waals surface area contributed by atoms with Crippen molar-refractivity contribution in [2.24, 2.45) is 5.73 Å². The van der Waals surface area contributed by atoms with Crippen LogP contribution in [0, 0.1) is 0 Å². The van der Waals surface area contributed by atoms with E-state index in [2.05, 4.69) is 20.4 Å². The Bertz CT molecular complexity index is 1960. The number of hydrogen-bond donors (Lipinski definition) is 2. The number of rotatable bonds is 6. The van der Waals surface area contributed by atoms with Gasteiger partial charge in [-0.25, -0.2) is 9.97 Å². The largest absolute Gasteiger partial charge is 0.464 e. The van der Waals surface area contributed by atoms with Crippen molar-refractivity contribution in [2.45, 2.75) is 19.6 Å². The number of anilines is 1. The number of carbonyl (C=O) groups is 2. The lowest BCUT2D eigenvalue weighted by Crippen LogP contribution is -2.17. The number of pyridine rings is 2. The molecule has 0 saturated carbocycles. The number of amides is 2. The Kier molecular flexibility index (Phi) is 6.30. The smallest absolute Gasteiger partial charge is 0.433 e. The lowest BCUT2D eigenvalue weighted by atomic mass is 10.0. The number of aryl methyl sites for hydroxylation is 1. The van der Waals surface area contributed by atoms with Gasteiger partial charge in [0.1, 0.15) is 21.2 Å². The minimum Gasteiger partial charge on any atom is -0.464 e. The summed E-state index contributed by atoms with van der Waals surface area (Å²) >= 11 is 0.654. The number of nitrogens with two attached hydrogens (primary N) is 1. The molecule has 0 unspecified atom stereocenters. The van der Waals surface area contributed by atoms with Crippen LogP contribution < -0.4 is 11.1 Å². The van der Waals surface area contributed by atoms with Crippen molar-refractivity contribution in [3.05, 3.63) is 83.3 Å². The molecule has 0 spiro atoms. The number of primary amides is 1. The Labute approximate surface area is 233 Å². The molecule has 13 heteroatoms. The Morgan fingerprint density at radius 2 is 1.93 bits per heavy atom. The van der Waals surface area contributed by atoms with E-state index in [1.165, 1.54) is 18.4 Å². The van der Waals surface area contributed by atoms with Crippen molar-refractivity contribution < 1.29 is 27.2 Å². The molecule has 5 heterocycles. The maximum absolute atomic E-state index is 13.9. The van der Waals surface area contributed by atoms with Crippen LogP contribution in [0.5, 0.6) is 0 Å². The normalized spacial score (nSPS) is 11.8. The number of hydrogen-bond acceptors (Lipinski definition) is 7. The van der Waals surface area contributed by atoms with Gasteiger partial charge in [-0.3, -0.25) is 14.3 Å². The summed E-state index contributed by atoms with van der Waals surface area (Å²) in [6, 6.07) is 12.4. The average molecular weight is 577 g/mol. The van der Waals surface area contributed by atoms with Crippen LogP contribution in [0.1, 0.15) is 32.6 Å². The average Bonchev–Trinajstić information content (AvgIpc) is 3.72. The molecule has 0 radical (unpaired) electrons. The first-order valence-corrected chi connectivity index (χ1v) is 13.1. The summed E-state index contributed by atoms with van der Waals surface area (Å²) in [7, 11) is 0. The van der Waals surface area contributed by atoms with Crippen LogP contribution in [0.4, 0.5) is 18.9 Å². The molecule has 9 nitrogen and oxygen atoms in total. The zero-order valence-corrected chi connectivity index (χ0v) is 22.0. The van der Waals surface area contributed by atoms with E-state index in [1.54, 1.807) is 47.4 Å². The molecule has 6 aromatic rings. The van der Waals surface area contributed by atoms with Crippen molar-refractivity contribution in [2.75, 3.05) is 5.32 Å². The van der Waals surface area contributed by atoms with Gasteiger partial charge in [-0.1, -0.05) is 18.2 Å². The van der Waals surface area contributed by atoms with Gasteiger partial charge in [-0.05, 0) is 37.3 Å². The summed E-state index contributed by atoms with van der Waals surface area (Å²) in [4.78, 5) is 34.5. The molecule has 0 fully saturated rings. The van der Waals surface area contributed by atoms with Gasteiger partial charge >= 0.3 is 6.18 Å². The molecular weight excluding hydrogens is 557 g/mol. The second-order valence-electron chi connectivity index (χ2n) is 8.99. The van der Waals surface area contributed by atoms with E-state index in [4.69, 9.17) is 10.2 Å². The fourth-order valence-electron chi connectivity index (χ4n) is 4.52. The van der Waals surface area contributed by atoms with Crippen LogP contribution in [0.25, 0.3) is 43.7 Å². The van der Waals surface area contributed by atoms with Crippen molar-refractivity contribution in [1.29, 1.82) is 0 Å². The third-order valence-electron chi connectivity index (χ3n) is 6.42. The summed E-state index contributed by atoms with van der Waals surface area (Å²) in [6.45, 7) is 2.58. The lowest BCUT2D eigenvalue weighted by molar-refractivity contribution is -0.140. The molecule has 0 saturated heterocycles. The van der Waals surface area contributed by atoms with Crippen molar-refractivity contribution in [3.8, 4) is 22.6 Å². The van der Waals surface area contributed by atoms with Gasteiger partial charge in [0.15, 0.2) is 0 Å². The first kappa shape index (κ1) is 26.2. The highest BCUT2D eigenvalue weighted by Gasteiger charge is 2.35. The zero-order valence-electron chi connectivity index (χ0n) is 21.2. The zero-order chi connectivity index (χ0) is 28.9. The second-order valence-corrected chi connectivity index (χ2v) is 9.99. The maximum atomic E-state index is 13.9. The van der Waals surface area contributed by atoms with Crippen LogP contribution >= 0.6 is 11.3 Å². The molecule has 5 aromatic heterocycles. The molecule has 3 N–H and O–H groups in total. The summed E-state index contributed by atoms with van der Waals surface area (Å²) in [5.74, 6) is -1.47. The van der Waals surface area contributed by atoms with E-state index in [0.717, 1.165) is 6.07 Å². The highest BCUT2D eigenvalue weighted by atomic mass is 32.1. The van der Waals surface area contributed by atoms with Gasteiger partial charge in [0, 0.05) is 34.6 Å². The van der Waals surface area contributed by atoms with Gasteiger partial charge < -0.3 is 15.5 Å². The van der Waals surface area contributed by atoms with Crippen LogP contribution in [0.3, 0.4) is 0 Å². The Balaban J connectivity index is 1.54. The molecule has 2 amide bonds. The SMILES string of the molecule is CCn1cc(-c2cc(C(=O)Nc3c(C(N)=O)sc4nc(C(F)(F)F)cc(-c5ccco5)c34)c3ccccc3n2)cn1. The predicted molar refractivity (Wildman–Crippen MR) is 147 cm³/mol. The number of nitrogens with one attached hydrogen (secondary N) is 1. The molecule has 0 aliphatic carbocycles. The van der Waals surface area contributed by atoms with E-state index in [1.807, 2.05) is 6.92 Å². The quantitative estimate of drug-likeness (QED) is 0.238. The third kappa shape index (κ3) is 4.69. The van der Waals surface area contributed by atoms with Crippen LogP contribution in [0.15, 0.2) is 71.6 Å². The number of carbonyl (C=O) groups excluding carboxylic acids is 2. The van der Waals surface area contributed by atoms with Crippen molar-refractivity contribution in [3.63, 3.8) is 0 Å². The number of aromatic nitrogens is 4. The van der Waals surface area contributed by atoms with Gasteiger partial charge in [-0.15, -0.1) is 11.3 Å². The lowest BCUT2D eigenvalue weighted by Gasteiger charge is -2.12. The molecule has 0 aliphatic heterocycles. The molecule has 6 rings (SSSR count). The predicted octanol–water partition coefficient (Wildman–Crippen LogP) is 6.36. The molecule has 206 valence electrons. The summed E-state index contributed by atoms with van der Waals surface area (Å²) in [6.07, 6.45) is -0.0249. The number of thiophene rings is 1. The highest BCUT2D eigenvalue weighted by molar-refractivity contribution is 7.21. The number of furan rings is 1. The number of para-hydroxylation sites is 1. The number of nitrogens with zero attached hydrogens (tertiary/aromatic N) is 4. The number of alkyl halides is 3. The topological polar surface area (TPSA) is 129 Å². The minimum atomic E-state index is -4.77. The van der Waals surface area contributed by atoms with E-state index in [-0.39, 0.29) is 37.7 Å². The number of benzene rings is 1. The first-order chi connectivity index (χ1) is 19.6. The van der Waals surface area contributed by atoms with Gasteiger partial charge in [-0.2, -0.15) is 18.3 Å². The van der Waals surface area contributed by atoms with E-state index < -0.39 is 23.7 Å². The summed E-state index contributed by atoms with van der Waals surface area (Å²) in [5.41, 5.74) is 6.33. The Morgan fingerprint density at radius 1 is 1.12 bits per heavy atom.